The SMILES string of the molecule is CC(CSc1ccc(F)cc1)C(=O)NCC(F)(F)CN. The summed E-state index contributed by atoms with van der Waals surface area (Å²) in [5.74, 6) is -3.87. The van der Waals surface area contributed by atoms with Crippen molar-refractivity contribution in [2.75, 3.05) is 18.8 Å². The maximum Gasteiger partial charge on any atom is 0.277 e. The van der Waals surface area contributed by atoms with Crippen molar-refractivity contribution >= 4 is 17.7 Å². The molecular weight excluding hydrogens is 289 g/mol. The first-order valence-corrected chi connectivity index (χ1v) is 7.06. The van der Waals surface area contributed by atoms with E-state index in [1.165, 1.54) is 23.9 Å². The third kappa shape index (κ3) is 5.83. The van der Waals surface area contributed by atoms with E-state index in [0.29, 0.717) is 5.75 Å². The summed E-state index contributed by atoms with van der Waals surface area (Å²) in [5, 5.41) is 2.18. The zero-order valence-electron chi connectivity index (χ0n) is 11.0. The number of alkyl halides is 2. The molecule has 3 N–H and O–H groups in total. The number of hydrogen-bond acceptors (Lipinski definition) is 3. The number of hydrogen-bond donors (Lipinski definition) is 2. The summed E-state index contributed by atoms with van der Waals surface area (Å²) in [6, 6.07) is 5.87. The van der Waals surface area contributed by atoms with E-state index in [-0.39, 0.29) is 5.82 Å². The summed E-state index contributed by atoms with van der Waals surface area (Å²) in [5.41, 5.74) is 4.88. The van der Waals surface area contributed by atoms with Gasteiger partial charge in [0.25, 0.3) is 5.92 Å². The lowest BCUT2D eigenvalue weighted by Crippen LogP contribution is -2.43. The summed E-state index contributed by atoms with van der Waals surface area (Å²) in [6.45, 7) is 0.0896. The van der Waals surface area contributed by atoms with E-state index >= 15 is 0 Å². The molecule has 0 aliphatic rings. The largest absolute Gasteiger partial charge is 0.350 e. The first kappa shape index (κ1) is 16.8. The molecule has 0 fully saturated rings. The number of thioether (sulfide) groups is 1. The van der Waals surface area contributed by atoms with Gasteiger partial charge in [-0.25, -0.2) is 13.2 Å². The Morgan fingerprint density at radius 3 is 2.55 bits per heavy atom. The Kier molecular flexibility index (Phi) is 6.35. The van der Waals surface area contributed by atoms with E-state index in [1.54, 1.807) is 19.1 Å². The molecule has 1 unspecified atom stereocenters. The van der Waals surface area contributed by atoms with Gasteiger partial charge in [-0.15, -0.1) is 11.8 Å². The molecule has 0 bridgehead atoms. The molecule has 0 radical (unpaired) electrons. The Labute approximate surface area is 120 Å². The topological polar surface area (TPSA) is 55.1 Å². The minimum Gasteiger partial charge on any atom is -0.350 e. The predicted molar refractivity (Wildman–Crippen MR) is 73.3 cm³/mol. The molecule has 0 aliphatic heterocycles. The van der Waals surface area contributed by atoms with Gasteiger partial charge in [-0.3, -0.25) is 4.79 Å². The highest BCUT2D eigenvalue weighted by atomic mass is 32.2. The minimum absolute atomic E-state index is 0.329. The smallest absolute Gasteiger partial charge is 0.277 e. The van der Waals surface area contributed by atoms with Crippen LogP contribution in [0.2, 0.25) is 0 Å². The van der Waals surface area contributed by atoms with Gasteiger partial charge in [0.15, 0.2) is 0 Å². The quantitative estimate of drug-likeness (QED) is 0.760. The normalized spacial score (nSPS) is 13.1. The van der Waals surface area contributed by atoms with Crippen LogP contribution in [0.15, 0.2) is 29.2 Å². The Hall–Kier alpha value is -1.21. The van der Waals surface area contributed by atoms with Crippen molar-refractivity contribution in [2.45, 2.75) is 17.7 Å². The molecule has 1 atom stereocenters. The molecule has 0 saturated heterocycles. The van der Waals surface area contributed by atoms with Crippen molar-refractivity contribution in [3.63, 3.8) is 0 Å². The zero-order valence-corrected chi connectivity index (χ0v) is 11.9. The number of nitrogens with one attached hydrogen (secondary N) is 1. The molecule has 0 heterocycles. The zero-order chi connectivity index (χ0) is 15.2. The number of carbonyl (C=O) groups excluding carboxylic acids is 1. The fraction of sp³-hybridized carbons (Fsp3) is 0.462. The van der Waals surface area contributed by atoms with E-state index < -0.39 is 30.8 Å². The molecule has 20 heavy (non-hydrogen) atoms. The maximum atomic E-state index is 12.9. The summed E-state index contributed by atoms with van der Waals surface area (Å²) in [4.78, 5) is 12.4. The Balaban J connectivity index is 2.36. The number of amides is 1. The second kappa shape index (κ2) is 7.54. The average Bonchev–Trinajstić information content (AvgIpc) is 2.44. The van der Waals surface area contributed by atoms with Gasteiger partial charge in [0.05, 0.1) is 13.1 Å². The van der Waals surface area contributed by atoms with Crippen molar-refractivity contribution in [2.24, 2.45) is 11.7 Å². The van der Waals surface area contributed by atoms with Gasteiger partial charge in [-0.2, -0.15) is 0 Å². The van der Waals surface area contributed by atoms with Gasteiger partial charge < -0.3 is 11.1 Å². The van der Waals surface area contributed by atoms with E-state index in [9.17, 15) is 18.0 Å². The van der Waals surface area contributed by atoms with Crippen LogP contribution in [0.1, 0.15) is 6.92 Å². The molecular formula is C13H17F3N2OS. The fourth-order valence-corrected chi connectivity index (χ4v) is 2.21. The van der Waals surface area contributed by atoms with Gasteiger partial charge in [0, 0.05) is 16.6 Å². The molecule has 0 saturated carbocycles. The van der Waals surface area contributed by atoms with Crippen molar-refractivity contribution in [3.8, 4) is 0 Å². The standard InChI is InChI=1S/C13H17F3N2OS/c1-9(12(19)18-8-13(15,16)7-17)6-20-11-4-2-10(14)3-5-11/h2-5,9H,6-8,17H2,1H3,(H,18,19). The van der Waals surface area contributed by atoms with Gasteiger partial charge in [0.2, 0.25) is 5.91 Å². The number of carbonyl (C=O) groups is 1. The number of rotatable bonds is 7. The van der Waals surface area contributed by atoms with Crippen molar-refractivity contribution in [1.82, 2.24) is 5.32 Å². The molecule has 1 aromatic rings. The van der Waals surface area contributed by atoms with E-state index in [0.717, 1.165) is 4.90 Å². The van der Waals surface area contributed by atoms with Gasteiger partial charge >= 0.3 is 0 Å². The van der Waals surface area contributed by atoms with Crippen LogP contribution in [0.4, 0.5) is 13.2 Å². The van der Waals surface area contributed by atoms with Crippen molar-refractivity contribution in [1.29, 1.82) is 0 Å². The Bertz CT molecular complexity index is 440. The third-order valence-electron chi connectivity index (χ3n) is 2.58. The molecule has 0 aromatic heterocycles. The molecule has 1 rings (SSSR count). The highest BCUT2D eigenvalue weighted by Crippen LogP contribution is 2.21. The maximum absolute atomic E-state index is 12.9. The second-order valence-electron chi connectivity index (χ2n) is 4.44. The van der Waals surface area contributed by atoms with E-state index in [4.69, 9.17) is 5.73 Å². The van der Waals surface area contributed by atoms with Crippen LogP contribution in [0.5, 0.6) is 0 Å². The van der Waals surface area contributed by atoms with Crippen LogP contribution >= 0.6 is 11.8 Å². The molecule has 1 aromatic carbocycles. The van der Waals surface area contributed by atoms with Crippen LogP contribution < -0.4 is 11.1 Å². The monoisotopic (exact) mass is 306 g/mol. The summed E-state index contributed by atoms with van der Waals surface area (Å²) in [7, 11) is 0. The molecule has 0 spiro atoms. The average molecular weight is 306 g/mol. The first-order valence-electron chi connectivity index (χ1n) is 6.08. The lowest BCUT2D eigenvalue weighted by molar-refractivity contribution is -0.125. The lowest BCUT2D eigenvalue weighted by Gasteiger charge is -2.17. The molecule has 0 aliphatic carbocycles. The van der Waals surface area contributed by atoms with Crippen LogP contribution in [0.3, 0.4) is 0 Å². The van der Waals surface area contributed by atoms with Gasteiger partial charge in [0.1, 0.15) is 5.82 Å². The first-order chi connectivity index (χ1) is 9.34. The molecule has 1 amide bonds. The van der Waals surface area contributed by atoms with Crippen LogP contribution in [0, 0.1) is 11.7 Å². The summed E-state index contributed by atoms with van der Waals surface area (Å²) in [6.07, 6.45) is 0. The third-order valence-corrected chi connectivity index (χ3v) is 3.85. The molecule has 3 nitrogen and oxygen atoms in total. The lowest BCUT2D eigenvalue weighted by atomic mass is 10.2. The van der Waals surface area contributed by atoms with Crippen LogP contribution in [0.25, 0.3) is 0 Å². The highest BCUT2D eigenvalue weighted by Gasteiger charge is 2.28. The number of nitrogens with two attached hydrogens (primary N) is 1. The fourth-order valence-electron chi connectivity index (χ4n) is 1.29. The Morgan fingerprint density at radius 1 is 1.40 bits per heavy atom. The van der Waals surface area contributed by atoms with Crippen molar-refractivity contribution in [3.05, 3.63) is 30.1 Å². The summed E-state index contributed by atoms with van der Waals surface area (Å²) >= 11 is 1.36. The summed E-state index contributed by atoms with van der Waals surface area (Å²) < 4.78 is 38.5. The van der Waals surface area contributed by atoms with Gasteiger partial charge in [-0.05, 0) is 24.3 Å². The minimum atomic E-state index is -3.08. The Morgan fingerprint density at radius 2 is 2.00 bits per heavy atom. The molecule has 7 heteroatoms. The van der Waals surface area contributed by atoms with E-state index in [2.05, 4.69) is 5.32 Å². The van der Waals surface area contributed by atoms with Crippen molar-refractivity contribution < 1.29 is 18.0 Å². The number of halogens is 3. The predicted octanol–water partition coefficient (Wildman–Crippen LogP) is 2.26. The highest BCUT2D eigenvalue weighted by molar-refractivity contribution is 7.99. The van der Waals surface area contributed by atoms with Gasteiger partial charge in [-0.1, -0.05) is 6.92 Å². The van der Waals surface area contributed by atoms with E-state index in [1.807, 2.05) is 0 Å². The second-order valence-corrected chi connectivity index (χ2v) is 5.54. The van der Waals surface area contributed by atoms with Crippen LogP contribution in [-0.4, -0.2) is 30.7 Å². The number of benzene rings is 1. The molecule has 112 valence electrons. The van der Waals surface area contributed by atoms with Crippen LogP contribution in [-0.2, 0) is 4.79 Å².